The van der Waals surface area contributed by atoms with Crippen LogP contribution in [-0.2, 0) is 4.74 Å². The summed E-state index contributed by atoms with van der Waals surface area (Å²) in [6, 6.07) is 0. The third-order valence-corrected chi connectivity index (χ3v) is 1.91. The van der Waals surface area contributed by atoms with Gasteiger partial charge >= 0.3 is 0 Å². The van der Waals surface area contributed by atoms with Crippen LogP contribution in [0.25, 0.3) is 0 Å². The van der Waals surface area contributed by atoms with E-state index < -0.39 is 30.7 Å². The number of ether oxygens (including phenoxy) is 1. The lowest BCUT2D eigenvalue weighted by Gasteiger charge is -2.40. The van der Waals surface area contributed by atoms with Crippen LogP contribution in [0.2, 0.25) is 0 Å². The predicted molar refractivity (Wildman–Crippen MR) is 36.0 cm³/mol. The van der Waals surface area contributed by atoms with E-state index in [0.29, 0.717) is 0 Å². The van der Waals surface area contributed by atoms with Gasteiger partial charge in [-0.15, -0.1) is 0 Å². The molecule has 0 aliphatic carbocycles. The van der Waals surface area contributed by atoms with Gasteiger partial charge in [-0.1, -0.05) is 0 Å². The zero-order valence-corrected chi connectivity index (χ0v) is 6.29. The summed E-state index contributed by atoms with van der Waals surface area (Å²) < 4.78 is 4.56. The van der Waals surface area contributed by atoms with E-state index in [9.17, 15) is 5.11 Å². The van der Waals surface area contributed by atoms with Gasteiger partial charge in [-0.2, -0.15) is 0 Å². The van der Waals surface area contributed by atoms with Crippen LogP contribution in [0.15, 0.2) is 0 Å². The second-order valence-corrected chi connectivity index (χ2v) is 2.82. The van der Waals surface area contributed by atoms with Gasteiger partial charge in [0.05, 0.1) is 13.2 Å². The average molecular weight is 180 g/mol. The highest BCUT2D eigenvalue weighted by Crippen LogP contribution is 2.22. The smallest absolute Gasteiger partial charge is 0.218 e. The van der Waals surface area contributed by atoms with E-state index in [1.807, 2.05) is 0 Å². The van der Waals surface area contributed by atoms with Crippen molar-refractivity contribution in [3.63, 3.8) is 0 Å². The fourth-order valence-corrected chi connectivity index (χ4v) is 1.03. The van der Waals surface area contributed by atoms with E-state index in [2.05, 4.69) is 4.74 Å². The number of hydrogen-bond donors (Lipinski definition) is 5. The summed E-state index contributed by atoms with van der Waals surface area (Å²) in [5, 5.41) is 45.0. The number of aliphatic hydroxyl groups excluding tert-OH is 4. The minimum atomic E-state index is -2.17. The first-order valence-electron chi connectivity index (χ1n) is 3.52. The highest BCUT2D eigenvalue weighted by Gasteiger charge is 2.47. The van der Waals surface area contributed by atoms with Gasteiger partial charge in [-0.05, 0) is 0 Å². The van der Waals surface area contributed by atoms with E-state index in [1.54, 1.807) is 0 Å². The molecule has 0 amide bonds. The monoisotopic (exact) mass is 180 g/mol. The number of hydrogen-bond acceptors (Lipinski definition) is 6. The lowest BCUT2D eigenvalue weighted by atomic mass is 9.98. The van der Waals surface area contributed by atoms with Crippen LogP contribution < -0.4 is 0 Å². The van der Waals surface area contributed by atoms with Crippen molar-refractivity contribution >= 4 is 0 Å². The molecule has 1 aliphatic heterocycles. The van der Waals surface area contributed by atoms with Gasteiger partial charge in [0.25, 0.3) is 0 Å². The van der Waals surface area contributed by atoms with Crippen molar-refractivity contribution in [3.8, 4) is 0 Å². The Morgan fingerprint density at radius 2 is 1.92 bits per heavy atom. The molecule has 4 atom stereocenters. The fraction of sp³-hybridized carbons (Fsp3) is 1.00. The highest BCUT2D eigenvalue weighted by molar-refractivity contribution is 4.90. The van der Waals surface area contributed by atoms with E-state index in [0.717, 1.165) is 0 Å². The maximum Gasteiger partial charge on any atom is 0.218 e. The van der Waals surface area contributed by atoms with Crippen molar-refractivity contribution in [3.05, 3.63) is 0 Å². The second kappa shape index (κ2) is 3.25. The SMILES string of the molecule is OC[C@@]1(O)OC[C@H](O)[C@@H](O)[C@H]1O. The molecule has 0 saturated carbocycles. The van der Waals surface area contributed by atoms with Crippen molar-refractivity contribution in [2.75, 3.05) is 13.2 Å². The first-order chi connectivity index (χ1) is 5.51. The first-order valence-corrected chi connectivity index (χ1v) is 3.52. The van der Waals surface area contributed by atoms with Crippen LogP contribution in [0.1, 0.15) is 0 Å². The molecule has 12 heavy (non-hydrogen) atoms. The van der Waals surface area contributed by atoms with Gasteiger partial charge in [-0.3, -0.25) is 0 Å². The van der Waals surface area contributed by atoms with E-state index in [4.69, 9.17) is 20.4 Å². The largest absolute Gasteiger partial charge is 0.391 e. The lowest BCUT2D eigenvalue weighted by Crippen LogP contribution is -2.62. The Labute approximate surface area is 68.6 Å². The molecule has 0 spiro atoms. The summed E-state index contributed by atoms with van der Waals surface area (Å²) in [6.07, 6.45) is -4.45. The molecule has 72 valence electrons. The lowest BCUT2D eigenvalue weighted by molar-refractivity contribution is -0.331. The number of aliphatic hydroxyl groups is 5. The third kappa shape index (κ3) is 1.45. The van der Waals surface area contributed by atoms with E-state index in [-0.39, 0.29) is 6.61 Å². The molecular formula is C6H12O6. The van der Waals surface area contributed by atoms with Crippen LogP contribution in [0.3, 0.4) is 0 Å². The summed E-state index contributed by atoms with van der Waals surface area (Å²) in [5.41, 5.74) is 0. The summed E-state index contributed by atoms with van der Waals surface area (Å²) in [5.74, 6) is -2.17. The summed E-state index contributed by atoms with van der Waals surface area (Å²) in [6.45, 7) is -1.16. The predicted octanol–water partition coefficient (Wildman–Crippen LogP) is -3.22. The summed E-state index contributed by atoms with van der Waals surface area (Å²) in [4.78, 5) is 0. The normalized spacial score (nSPS) is 49.2. The molecule has 6 nitrogen and oxygen atoms in total. The Hall–Kier alpha value is -0.240. The number of rotatable bonds is 1. The van der Waals surface area contributed by atoms with Gasteiger partial charge < -0.3 is 30.3 Å². The first kappa shape index (κ1) is 9.85. The second-order valence-electron chi connectivity index (χ2n) is 2.82. The standard InChI is InChI=1S/C6H12O6/c7-2-6(11)5(10)4(9)3(8)1-12-6/h3-5,7-11H,1-2H2/t3-,4+,5+,6+/m0/s1. The Bertz CT molecular complexity index is 162. The molecule has 1 saturated heterocycles. The third-order valence-electron chi connectivity index (χ3n) is 1.91. The Kier molecular flexibility index (Phi) is 2.67. The Morgan fingerprint density at radius 3 is 2.42 bits per heavy atom. The van der Waals surface area contributed by atoms with Crippen LogP contribution in [0.5, 0.6) is 0 Å². The fourth-order valence-electron chi connectivity index (χ4n) is 1.03. The Balaban J connectivity index is 2.71. The molecule has 5 N–H and O–H groups in total. The maximum atomic E-state index is 9.24. The quantitative estimate of drug-likeness (QED) is 0.290. The van der Waals surface area contributed by atoms with Crippen LogP contribution in [0.4, 0.5) is 0 Å². The molecule has 1 heterocycles. The van der Waals surface area contributed by atoms with Crippen molar-refractivity contribution in [2.45, 2.75) is 24.1 Å². The Morgan fingerprint density at radius 1 is 1.33 bits per heavy atom. The van der Waals surface area contributed by atoms with Gasteiger partial charge in [-0.25, -0.2) is 0 Å². The topological polar surface area (TPSA) is 110 Å². The van der Waals surface area contributed by atoms with Gasteiger partial charge in [0.15, 0.2) is 0 Å². The molecule has 0 aromatic carbocycles. The molecule has 0 bridgehead atoms. The average Bonchev–Trinajstić information content (AvgIpc) is 2.09. The molecule has 0 aromatic rings. The molecule has 0 aromatic heterocycles. The van der Waals surface area contributed by atoms with Gasteiger partial charge in [0.1, 0.15) is 18.3 Å². The van der Waals surface area contributed by atoms with E-state index in [1.165, 1.54) is 0 Å². The van der Waals surface area contributed by atoms with Crippen molar-refractivity contribution < 1.29 is 30.3 Å². The minimum Gasteiger partial charge on any atom is -0.391 e. The molecule has 0 radical (unpaired) electrons. The molecule has 1 aliphatic rings. The van der Waals surface area contributed by atoms with Crippen molar-refractivity contribution in [1.82, 2.24) is 0 Å². The van der Waals surface area contributed by atoms with Gasteiger partial charge in [0.2, 0.25) is 5.79 Å². The van der Waals surface area contributed by atoms with Crippen molar-refractivity contribution in [1.29, 1.82) is 0 Å². The minimum absolute atomic E-state index is 0.324. The molecule has 0 unspecified atom stereocenters. The van der Waals surface area contributed by atoms with Gasteiger partial charge in [0, 0.05) is 0 Å². The summed E-state index contributed by atoms with van der Waals surface area (Å²) in [7, 11) is 0. The molecule has 6 heteroatoms. The highest BCUT2D eigenvalue weighted by atomic mass is 16.7. The van der Waals surface area contributed by atoms with Crippen molar-refractivity contribution in [2.24, 2.45) is 0 Å². The maximum absolute atomic E-state index is 9.24. The zero-order valence-electron chi connectivity index (χ0n) is 6.29. The van der Waals surface area contributed by atoms with E-state index >= 15 is 0 Å². The molecule has 1 fully saturated rings. The summed E-state index contributed by atoms with van der Waals surface area (Å²) >= 11 is 0. The van der Waals surface area contributed by atoms with Crippen LogP contribution in [0, 0.1) is 0 Å². The zero-order chi connectivity index (χ0) is 9.35. The van der Waals surface area contributed by atoms with Crippen LogP contribution in [-0.4, -0.2) is 62.8 Å². The van der Waals surface area contributed by atoms with Crippen LogP contribution >= 0.6 is 0 Å². The molecule has 1 rings (SSSR count). The molecular weight excluding hydrogens is 168 g/mol.